The molecule has 2 aromatic carbocycles. The molecule has 2 aromatic rings. The van der Waals surface area contributed by atoms with Crippen molar-refractivity contribution in [3.05, 3.63) is 70.2 Å². The Morgan fingerprint density at radius 3 is 2.74 bits per heavy atom. The van der Waals surface area contributed by atoms with Crippen LogP contribution in [0.4, 0.5) is 0 Å². The average Bonchev–Trinajstić information content (AvgIpc) is 2.45. The smallest absolute Gasteiger partial charge is 0.251 e. The number of hydrogen-bond donors (Lipinski definition) is 1. The maximum Gasteiger partial charge on any atom is 0.251 e. The van der Waals surface area contributed by atoms with Gasteiger partial charge in [-0.2, -0.15) is 5.26 Å². The quantitative estimate of drug-likeness (QED) is 0.931. The van der Waals surface area contributed by atoms with Crippen molar-refractivity contribution in [3.63, 3.8) is 0 Å². The van der Waals surface area contributed by atoms with Crippen LogP contribution in [0.5, 0.6) is 0 Å². The molecule has 0 atom stereocenters. The van der Waals surface area contributed by atoms with Gasteiger partial charge in [0.05, 0.1) is 11.6 Å². The fourth-order valence-electron chi connectivity index (χ4n) is 1.66. The summed E-state index contributed by atoms with van der Waals surface area (Å²) in [5.41, 5.74) is 1.87. The SMILES string of the molecule is N#Cc1cccc(C(=O)NCc2cccc(Cl)c2)c1. The van der Waals surface area contributed by atoms with Crippen molar-refractivity contribution >= 4 is 17.5 Å². The van der Waals surface area contributed by atoms with E-state index in [0.29, 0.717) is 22.7 Å². The molecule has 0 aliphatic carbocycles. The van der Waals surface area contributed by atoms with Crippen molar-refractivity contribution in [3.8, 4) is 6.07 Å². The molecule has 0 aromatic heterocycles. The van der Waals surface area contributed by atoms with Crippen molar-refractivity contribution in [1.29, 1.82) is 5.26 Å². The molecule has 0 spiro atoms. The summed E-state index contributed by atoms with van der Waals surface area (Å²) in [6, 6.07) is 15.9. The molecule has 94 valence electrons. The molecule has 2 rings (SSSR count). The van der Waals surface area contributed by atoms with Gasteiger partial charge in [0, 0.05) is 17.1 Å². The van der Waals surface area contributed by atoms with Gasteiger partial charge in [-0.15, -0.1) is 0 Å². The number of nitrogens with one attached hydrogen (secondary N) is 1. The maximum atomic E-state index is 11.9. The second-order valence-corrected chi connectivity index (χ2v) is 4.44. The second-order valence-electron chi connectivity index (χ2n) is 4.01. The molecule has 0 heterocycles. The number of nitrogens with zero attached hydrogens (tertiary/aromatic N) is 1. The van der Waals surface area contributed by atoms with Gasteiger partial charge in [-0.3, -0.25) is 4.79 Å². The highest BCUT2D eigenvalue weighted by molar-refractivity contribution is 6.30. The van der Waals surface area contributed by atoms with Crippen LogP contribution in [0.25, 0.3) is 0 Å². The van der Waals surface area contributed by atoms with E-state index in [0.717, 1.165) is 5.56 Å². The molecular weight excluding hydrogens is 260 g/mol. The van der Waals surface area contributed by atoms with Crippen molar-refractivity contribution in [2.24, 2.45) is 0 Å². The lowest BCUT2D eigenvalue weighted by atomic mass is 10.1. The lowest BCUT2D eigenvalue weighted by molar-refractivity contribution is 0.0951. The van der Waals surface area contributed by atoms with E-state index < -0.39 is 0 Å². The van der Waals surface area contributed by atoms with Gasteiger partial charge in [0.2, 0.25) is 0 Å². The van der Waals surface area contributed by atoms with Gasteiger partial charge in [-0.05, 0) is 35.9 Å². The van der Waals surface area contributed by atoms with Gasteiger partial charge in [-0.1, -0.05) is 29.8 Å². The fraction of sp³-hybridized carbons (Fsp3) is 0.0667. The molecule has 0 saturated carbocycles. The Labute approximate surface area is 116 Å². The number of nitriles is 1. The Hall–Kier alpha value is -2.31. The van der Waals surface area contributed by atoms with Crippen molar-refractivity contribution in [1.82, 2.24) is 5.32 Å². The first-order valence-corrected chi connectivity index (χ1v) is 6.09. The minimum atomic E-state index is -0.211. The maximum absolute atomic E-state index is 11.9. The van der Waals surface area contributed by atoms with Gasteiger partial charge < -0.3 is 5.32 Å². The molecule has 4 heteroatoms. The Morgan fingerprint density at radius 1 is 1.21 bits per heavy atom. The minimum absolute atomic E-state index is 0.211. The van der Waals surface area contributed by atoms with E-state index >= 15 is 0 Å². The number of rotatable bonds is 3. The Bertz CT molecular complexity index is 647. The summed E-state index contributed by atoms with van der Waals surface area (Å²) in [4.78, 5) is 11.9. The van der Waals surface area contributed by atoms with Gasteiger partial charge in [0.25, 0.3) is 5.91 Å². The predicted molar refractivity (Wildman–Crippen MR) is 73.8 cm³/mol. The lowest BCUT2D eigenvalue weighted by Crippen LogP contribution is -2.22. The van der Waals surface area contributed by atoms with Crippen LogP contribution in [0.1, 0.15) is 21.5 Å². The van der Waals surface area contributed by atoms with Crippen LogP contribution in [-0.2, 0) is 6.54 Å². The molecule has 0 aliphatic heterocycles. The van der Waals surface area contributed by atoms with E-state index in [2.05, 4.69) is 5.32 Å². The first-order chi connectivity index (χ1) is 9.19. The summed E-state index contributed by atoms with van der Waals surface area (Å²) in [7, 11) is 0. The zero-order chi connectivity index (χ0) is 13.7. The number of halogens is 1. The van der Waals surface area contributed by atoms with Crippen molar-refractivity contribution in [2.75, 3.05) is 0 Å². The van der Waals surface area contributed by atoms with Crippen LogP contribution in [0.15, 0.2) is 48.5 Å². The fourth-order valence-corrected chi connectivity index (χ4v) is 1.87. The number of carbonyl (C=O) groups excluding carboxylic acids is 1. The van der Waals surface area contributed by atoms with Crippen LogP contribution in [0.2, 0.25) is 5.02 Å². The summed E-state index contributed by atoms with van der Waals surface area (Å²) in [6.45, 7) is 0.399. The van der Waals surface area contributed by atoms with Crippen LogP contribution >= 0.6 is 11.6 Å². The molecule has 0 fully saturated rings. The standard InChI is InChI=1S/C15H11ClN2O/c16-14-6-2-4-12(8-14)10-18-15(19)13-5-1-3-11(7-13)9-17/h1-8H,10H2,(H,18,19). The van der Waals surface area contributed by atoms with E-state index in [9.17, 15) is 4.79 Å². The zero-order valence-electron chi connectivity index (χ0n) is 10.1. The average molecular weight is 271 g/mol. The highest BCUT2D eigenvalue weighted by Gasteiger charge is 2.05. The van der Waals surface area contributed by atoms with Gasteiger partial charge in [0.1, 0.15) is 0 Å². The minimum Gasteiger partial charge on any atom is -0.348 e. The third kappa shape index (κ3) is 3.57. The molecule has 0 radical (unpaired) electrons. The largest absolute Gasteiger partial charge is 0.348 e. The summed E-state index contributed by atoms with van der Waals surface area (Å²) in [5.74, 6) is -0.211. The first-order valence-electron chi connectivity index (χ1n) is 5.72. The molecule has 1 amide bonds. The molecule has 1 N–H and O–H groups in total. The molecule has 0 aliphatic rings. The molecule has 19 heavy (non-hydrogen) atoms. The van der Waals surface area contributed by atoms with Gasteiger partial charge in [0.15, 0.2) is 0 Å². The Balaban J connectivity index is 2.03. The van der Waals surface area contributed by atoms with Gasteiger partial charge in [-0.25, -0.2) is 0 Å². The molecule has 0 bridgehead atoms. The summed E-state index contributed by atoms with van der Waals surface area (Å²) < 4.78 is 0. The van der Waals surface area contributed by atoms with Gasteiger partial charge >= 0.3 is 0 Å². The number of hydrogen-bond acceptors (Lipinski definition) is 2. The van der Waals surface area contributed by atoms with Crippen molar-refractivity contribution < 1.29 is 4.79 Å². The molecular formula is C15H11ClN2O. The van der Waals surface area contributed by atoms with Crippen molar-refractivity contribution in [2.45, 2.75) is 6.54 Å². The molecule has 3 nitrogen and oxygen atoms in total. The zero-order valence-corrected chi connectivity index (χ0v) is 10.8. The van der Waals surface area contributed by atoms with E-state index in [1.54, 1.807) is 36.4 Å². The highest BCUT2D eigenvalue weighted by atomic mass is 35.5. The van der Waals surface area contributed by atoms with E-state index in [-0.39, 0.29) is 5.91 Å². The molecule has 0 saturated heterocycles. The monoisotopic (exact) mass is 270 g/mol. The van der Waals surface area contributed by atoms with Crippen LogP contribution in [-0.4, -0.2) is 5.91 Å². The topological polar surface area (TPSA) is 52.9 Å². The Kier molecular flexibility index (Phi) is 4.17. The normalized spacial score (nSPS) is 9.68. The van der Waals surface area contributed by atoms with Crippen LogP contribution in [0.3, 0.4) is 0 Å². The number of amides is 1. The van der Waals surface area contributed by atoms with Crippen LogP contribution in [0, 0.1) is 11.3 Å². The predicted octanol–water partition coefficient (Wildman–Crippen LogP) is 3.14. The third-order valence-electron chi connectivity index (χ3n) is 2.60. The number of benzene rings is 2. The summed E-state index contributed by atoms with van der Waals surface area (Å²) in [6.07, 6.45) is 0. The third-order valence-corrected chi connectivity index (χ3v) is 2.83. The lowest BCUT2D eigenvalue weighted by Gasteiger charge is -2.06. The first kappa shape index (κ1) is 13.1. The summed E-state index contributed by atoms with van der Waals surface area (Å²) >= 11 is 5.87. The van der Waals surface area contributed by atoms with E-state index in [1.807, 2.05) is 18.2 Å². The number of carbonyl (C=O) groups is 1. The molecule has 0 unspecified atom stereocenters. The second kappa shape index (κ2) is 6.03. The summed E-state index contributed by atoms with van der Waals surface area (Å²) in [5, 5.41) is 12.2. The van der Waals surface area contributed by atoms with Crippen LogP contribution < -0.4 is 5.32 Å². The van der Waals surface area contributed by atoms with E-state index in [4.69, 9.17) is 16.9 Å². The van der Waals surface area contributed by atoms with E-state index in [1.165, 1.54) is 0 Å². The highest BCUT2D eigenvalue weighted by Crippen LogP contribution is 2.10. The Morgan fingerprint density at radius 2 is 2.00 bits per heavy atom.